The number of rotatable bonds is 4. The average molecular weight is 328 g/mol. The Labute approximate surface area is 141 Å². The second-order valence-corrected chi connectivity index (χ2v) is 6.12. The second kappa shape index (κ2) is 7.34. The van der Waals surface area contributed by atoms with Crippen molar-refractivity contribution in [1.82, 2.24) is 4.98 Å². The van der Waals surface area contributed by atoms with Crippen molar-refractivity contribution in [2.45, 2.75) is 12.8 Å². The number of pyridine rings is 1. The van der Waals surface area contributed by atoms with Crippen LogP contribution >= 0.6 is 11.6 Å². The Bertz CT molecular complexity index is 691. The van der Waals surface area contributed by atoms with Crippen LogP contribution in [0.25, 0.3) is 0 Å². The fourth-order valence-electron chi connectivity index (χ4n) is 2.84. The Kier molecular flexibility index (Phi) is 4.99. The Morgan fingerprint density at radius 2 is 2.09 bits per heavy atom. The molecular formula is C18H18ClN3O. The summed E-state index contributed by atoms with van der Waals surface area (Å²) in [6, 6.07) is 13.3. The number of anilines is 1. The number of ether oxygens (including phenoxy) is 1. The topological polar surface area (TPSA) is 49.2 Å². The second-order valence-electron chi connectivity index (χ2n) is 5.68. The lowest BCUT2D eigenvalue weighted by Crippen LogP contribution is -2.36. The molecule has 1 saturated heterocycles. The highest BCUT2D eigenvalue weighted by Gasteiger charge is 2.22. The lowest BCUT2D eigenvalue weighted by Gasteiger charge is -2.34. The highest BCUT2D eigenvalue weighted by molar-refractivity contribution is 6.30. The normalized spacial score (nSPS) is 15.2. The molecule has 1 aromatic carbocycles. The molecule has 0 spiro atoms. The zero-order valence-corrected chi connectivity index (χ0v) is 13.5. The van der Waals surface area contributed by atoms with Gasteiger partial charge in [-0.2, -0.15) is 5.26 Å². The van der Waals surface area contributed by atoms with Crippen LogP contribution < -0.4 is 9.64 Å². The third-order valence-electron chi connectivity index (χ3n) is 4.14. The molecule has 0 amide bonds. The minimum absolute atomic E-state index is 0.512. The summed E-state index contributed by atoms with van der Waals surface area (Å²) in [5, 5.41) is 9.92. The third-order valence-corrected chi connectivity index (χ3v) is 4.38. The molecule has 2 aromatic rings. The third kappa shape index (κ3) is 3.94. The lowest BCUT2D eigenvalue weighted by atomic mass is 9.97. The number of hydrogen-bond donors (Lipinski definition) is 0. The lowest BCUT2D eigenvalue weighted by molar-refractivity contribution is 0.216. The van der Waals surface area contributed by atoms with Gasteiger partial charge in [0.1, 0.15) is 6.07 Å². The van der Waals surface area contributed by atoms with E-state index < -0.39 is 0 Å². The zero-order chi connectivity index (χ0) is 16.1. The minimum atomic E-state index is 0.512. The quantitative estimate of drug-likeness (QED) is 0.854. The molecule has 23 heavy (non-hydrogen) atoms. The molecule has 3 rings (SSSR count). The van der Waals surface area contributed by atoms with Gasteiger partial charge in [-0.1, -0.05) is 17.7 Å². The van der Waals surface area contributed by atoms with Gasteiger partial charge < -0.3 is 9.64 Å². The molecule has 1 fully saturated rings. The van der Waals surface area contributed by atoms with Crippen LogP contribution in [-0.2, 0) is 0 Å². The largest absolute Gasteiger partial charge is 0.477 e. The van der Waals surface area contributed by atoms with E-state index in [2.05, 4.69) is 16.0 Å². The molecule has 1 aliphatic heterocycles. The summed E-state index contributed by atoms with van der Waals surface area (Å²) in [5.74, 6) is 1.19. The van der Waals surface area contributed by atoms with E-state index in [1.165, 1.54) is 0 Å². The molecule has 2 heterocycles. The fourth-order valence-corrected chi connectivity index (χ4v) is 3.00. The maximum Gasteiger partial charge on any atom is 0.213 e. The Morgan fingerprint density at radius 1 is 1.26 bits per heavy atom. The van der Waals surface area contributed by atoms with Crippen molar-refractivity contribution in [3.05, 3.63) is 53.2 Å². The molecule has 0 N–H and O–H groups in total. The first-order chi connectivity index (χ1) is 11.3. The fraction of sp³-hybridized carbons (Fsp3) is 0.333. The van der Waals surface area contributed by atoms with Gasteiger partial charge in [0.15, 0.2) is 0 Å². The first-order valence-electron chi connectivity index (χ1n) is 7.74. The minimum Gasteiger partial charge on any atom is -0.477 e. The molecule has 118 valence electrons. The van der Waals surface area contributed by atoms with Gasteiger partial charge >= 0.3 is 0 Å². The van der Waals surface area contributed by atoms with E-state index >= 15 is 0 Å². The first kappa shape index (κ1) is 15.6. The van der Waals surface area contributed by atoms with Crippen molar-refractivity contribution in [1.29, 1.82) is 5.26 Å². The summed E-state index contributed by atoms with van der Waals surface area (Å²) in [6.07, 6.45) is 3.80. The van der Waals surface area contributed by atoms with Gasteiger partial charge in [0, 0.05) is 30.4 Å². The Hall–Kier alpha value is -2.25. The Balaban J connectivity index is 1.56. The molecule has 0 saturated carbocycles. The maximum absolute atomic E-state index is 9.26. The van der Waals surface area contributed by atoms with Crippen molar-refractivity contribution in [3.63, 3.8) is 0 Å². The van der Waals surface area contributed by atoms with Crippen molar-refractivity contribution >= 4 is 17.3 Å². The molecule has 0 unspecified atom stereocenters. The van der Waals surface area contributed by atoms with E-state index in [0.29, 0.717) is 29.0 Å². The number of benzene rings is 1. The van der Waals surface area contributed by atoms with Crippen LogP contribution in [-0.4, -0.2) is 24.7 Å². The van der Waals surface area contributed by atoms with Gasteiger partial charge in [-0.3, -0.25) is 0 Å². The van der Waals surface area contributed by atoms with E-state index in [1.54, 1.807) is 18.3 Å². The van der Waals surface area contributed by atoms with Gasteiger partial charge in [0.25, 0.3) is 0 Å². The molecule has 0 bridgehead atoms. The number of halogens is 1. The van der Waals surface area contributed by atoms with Crippen LogP contribution in [0.3, 0.4) is 0 Å². The van der Waals surface area contributed by atoms with E-state index in [9.17, 15) is 5.26 Å². The van der Waals surface area contributed by atoms with Crippen LogP contribution in [0.5, 0.6) is 5.88 Å². The molecule has 0 radical (unpaired) electrons. The average Bonchev–Trinajstić information content (AvgIpc) is 2.61. The predicted octanol–water partition coefficient (Wildman–Crippen LogP) is 3.90. The van der Waals surface area contributed by atoms with Gasteiger partial charge in [0.2, 0.25) is 5.88 Å². The molecule has 1 aliphatic rings. The molecule has 1 aromatic heterocycles. The number of nitrogens with zero attached hydrogens (tertiary/aromatic N) is 3. The summed E-state index contributed by atoms with van der Waals surface area (Å²) >= 11 is 6.08. The van der Waals surface area contributed by atoms with Crippen molar-refractivity contribution in [3.8, 4) is 11.9 Å². The molecule has 4 nitrogen and oxygen atoms in total. The van der Waals surface area contributed by atoms with E-state index in [-0.39, 0.29) is 0 Å². The van der Waals surface area contributed by atoms with Gasteiger partial charge in [0.05, 0.1) is 17.9 Å². The van der Waals surface area contributed by atoms with Crippen LogP contribution in [0.4, 0.5) is 5.69 Å². The van der Waals surface area contributed by atoms with Crippen molar-refractivity contribution in [2.24, 2.45) is 5.92 Å². The molecular weight excluding hydrogens is 310 g/mol. The molecule has 0 atom stereocenters. The standard InChI is InChI=1S/C18H18ClN3O/c19-16-5-4-15(12-20)17(11-16)22-9-6-14(7-10-22)13-23-18-3-1-2-8-21-18/h1-5,8,11,14H,6-7,9-10,13H2. The van der Waals surface area contributed by atoms with E-state index in [1.807, 2.05) is 24.3 Å². The summed E-state index contributed by atoms with van der Waals surface area (Å²) in [4.78, 5) is 6.41. The molecule has 5 heteroatoms. The number of nitriles is 1. The van der Waals surface area contributed by atoms with Gasteiger partial charge in [-0.25, -0.2) is 4.98 Å². The van der Waals surface area contributed by atoms with Crippen LogP contribution in [0.15, 0.2) is 42.6 Å². The summed E-state index contributed by atoms with van der Waals surface area (Å²) in [5.41, 5.74) is 1.61. The predicted molar refractivity (Wildman–Crippen MR) is 90.8 cm³/mol. The SMILES string of the molecule is N#Cc1ccc(Cl)cc1N1CCC(COc2ccccn2)CC1. The monoisotopic (exact) mass is 327 g/mol. The van der Waals surface area contributed by atoms with Crippen LogP contribution in [0.2, 0.25) is 5.02 Å². The number of hydrogen-bond acceptors (Lipinski definition) is 4. The first-order valence-corrected chi connectivity index (χ1v) is 8.12. The number of piperidine rings is 1. The van der Waals surface area contributed by atoms with E-state index in [0.717, 1.165) is 31.6 Å². The van der Waals surface area contributed by atoms with E-state index in [4.69, 9.17) is 16.3 Å². The van der Waals surface area contributed by atoms with Crippen LogP contribution in [0.1, 0.15) is 18.4 Å². The number of aromatic nitrogens is 1. The van der Waals surface area contributed by atoms with Gasteiger partial charge in [-0.15, -0.1) is 0 Å². The van der Waals surface area contributed by atoms with Crippen molar-refractivity contribution in [2.75, 3.05) is 24.6 Å². The maximum atomic E-state index is 9.26. The highest BCUT2D eigenvalue weighted by Crippen LogP contribution is 2.29. The van der Waals surface area contributed by atoms with Crippen molar-refractivity contribution < 1.29 is 4.74 Å². The summed E-state index contributed by atoms with van der Waals surface area (Å²) in [7, 11) is 0. The highest BCUT2D eigenvalue weighted by atomic mass is 35.5. The zero-order valence-electron chi connectivity index (χ0n) is 12.8. The summed E-state index contributed by atoms with van der Waals surface area (Å²) in [6.45, 7) is 2.50. The Morgan fingerprint density at radius 3 is 2.78 bits per heavy atom. The molecule has 0 aliphatic carbocycles. The summed E-state index contributed by atoms with van der Waals surface area (Å²) < 4.78 is 5.75. The van der Waals surface area contributed by atoms with Gasteiger partial charge in [-0.05, 0) is 43.0 Å². The smallest absolute Gasteiger partial charge is 0.213 e. The van der Waals surface area contributed by atoms with Crippen LogP contribution in [0, 0.1) is 17.2 Å².